The van der Waals surface area contributed by atoms with Crippen molar-refractivity contribution in [2.24, 2.45) is 0 Å². The number of hydrogen-bond donors (Lipinski definition) is 2. The van der Waals surface area contributed by atoms with Crippen molar-refractivity contribution in [1.29, 1.82) is 0 Å². The molecule has 1 atom stereocenters. The van der Waals surface area contributed by atoms with E-state index in [4.69, 9.17) is 9.47 Å². The summed E-state index contributed by atoms with van der Waals surface area (Å²) >= 11 is 0. The summed E-state index contributed by atoms with van der Waals surface area (Å²) in [5.74, 6) is 0.767. The first-order valence-electron chi connectivity index (χ1n) is 7.80. The molecule has 1 aromatic rings. The third-order valence-corrected chi connectivity index (χ3v) is 3.71. The maximum atomic E-state index is 11.6. The van der Waals surface area contributed by atoms with Crippen molar-refractivity contribution in [2.45, 2.75) is 13.0 Å². The molecule has 0 bridgehead atoms. The second-order valence-corrected chi connectivity index (χ2v) is 5.42. The quantitative estimate of drug-likeness (QED) is 0.763. The molecular formula is C16H25N2O4+. The lowest BCUT2D eigenvalue weighted by Gasteiger charge is -2.32. The molecule has 0 radical (unpaired) electrons. The topological polar surface area (TPSA) is 63.4 Å². The maximum absolute atomic E-state index is 11.6. The van der Waals surface area contributed by atoms with Gasteiger partial charge in [0.2, 0.25) is 0 Å². The molecule has 2 rings (SSSR count). The summed E-state index contributed by atoms with van der Waals surface area (Å²) in [6.07, 6.45) is -0.751. The van der Waals surface area contributed by atoms with E-state index >= 15 is 0 Å². The number of nitrogens with one attached hydrogen (secondary N) is 1. The number of aliphatic hydroxyl groups is 1. The van der Waals surface area contributed by atoms with Crippen LogP contribution in [0.25, 0.3) is 0 Å². The van der Waals surface area contributed by atoms with Crippen LogP contribution in [0.3, 0.4) is 0 Å². The standard InChI is InChI=1S/C16H24N2O4/c1-2-21-16(20)18-10-8-17(9-11-18)12-14(19)13-22-15-6-4-3-5-7-15/h3-7,14,19H,2,8-13H2,1H3/p+1/t14-/m1/s1. The Labute approximate surface area is 131 Å². The summed E-state index contributed by atoms with van der Waals surface area (Å²) in [7, 11) is 0. The number of para-hydroxylation sites is 1. The molecule has 6 heteroatoms. The summed E-state index contributed by atoms with van der Waals surface area (Å²) in [6.45, 7) is 6.10. The molecule has 1 amide bonds. The van der Waals surface area contributed by atoms with Gasteiger partial charge in [0.1, 0.15) is 25.0 Å². The van der Waals surface area contributed by atoms with Crippen LogP contribution in [0.5, 0.6) is 5.75 Å². The summed E-state index contributed by atoms with van der Waals surface area (Å²) in [6, 6.07) is 9.48. The van der Waals surface area contributed by atoms with Gasteiger partial charge in [-0.15, -0.1) is 0 Å². The molecule has 1 fully saturated rings. The minimum atomic E-state index is -0.510. The molecule has 2 N–H and O–H groups in total. The molecule has 6 nitrogen and oxygen atoms in total. The fourth-order valence-corrected chi connectivity index (χ4v) is 2.53. The van der Waals surface area contributed by atoms with E-state index in [0.29, 0.717) is 26.2 Å². The van der Waals surface area contributed by atoms with Crippen LogP contribution in [0, 0.1) is 0 Å². The number of ether oxygens (including phenoxy) is 2. The van der Waals surface area contributed by atoms with Crippen LogP contribution in [0.2, 0.25) is 0 Å². The number of rotatable bonds is 6. The Morgan fingerprint density at radius 1 is 1.32 bits per heavy atom. The highest BCUT2D eigenvalue weighted by Crippen LogP contribution is 2.08. The number of hydrogen-bond acceptors (Lipinski definition) is 4. The van der Waals surface area contributed by atoms with Crippen molar-refractivity contribution in [1.82, 2.24) is 4.90 Å². The molecule has 0 saturated carbocycles. The van der Waals surface area contributed by atoms with Gasteiger partial charge in [0.15, 0.2) is 0 Å². The number of aliphatic hydroxyl groups excluding tert-OH is 1. The highest BCUT2D eigenvalue weighted by Gasteiger charge is 2.26. The number of quaternary nitrogens is 1. The van der Waals surface area contributed by atoms with Gasteiger partial charge >= 0.3 is 6.09 Å². The average molecular weight is 309 g/mol. The molecular weight excluding hydrogens is 284 g/mol. The molecule has 1 heterocycles. The molecule has 22 heavy (non-hydrogen) atoms. The van der Waals surface area contributed by atoms with Gasteiger partial charge in [0.05, 0.1) is 32.8 Å². The van der Waals surface area contributed by atoms with E-state index in [2.05, 4.69) is 0 Å². The third-order valence-electron chi connectivity index (χ3n) is 3.71. The highest BCUT2D eigenvalue weighted by molar-refractivity contribution is 5.67. The SMILES string of the molecule is CCOC(=O)N1CC[NH+](C[C@@H](O)COc2ccccc2)CC1. The first kappa shape index (κ1) is 16.6. The van der Waals surface area contributed by atoms with E-state index in [1.165, 1.54) is 4.90 Å². The Morgan fingerprint density at radius 3 is 2.64 bits per heavy atom. The van der Waals surface area contributed by atoms with Gasteiger partial charge in [-0.1, -0.05) is 18.2 Å². The summed E-state index contributed by atoms with van der Waals surface area (Å²) in [4.78, 5) is 14.6. The van der Waals surface area contributed by atoms with Gasteiger partial charge in [-0.05, 0) is 19.1 Å². The van der Waals surface area contributed by atoms with Gasteiger partial charge in [0, 0.05) is 0 Å². The fourth-order valence-electron chi connectivity index (χ4n) is 2.53. The van der Waals surface area contributed by atoms with Gasteiger partial charge in [0.25, 0.3) is 0 Å². The van der Waals surface area contributed by atoms with Crippen LogP contribution in [0.1, 0.15) is 6.92 Å². The number of benzene rings is 1. The van der Waals surface area contributed by atoms with Crippen LogP contribution < -0.4 is 9.64 Å². The summed E-state index contributed by atoms with van der Waals surface area (Å²) in [5, 5.41) is 10.1. The van der Waals surface area contributed by atoms with Crippen molar-refractivity contribution in [3.8, 4) is 5.75 Å². The van der Waals surface area contributed by atoms with Crippen molar-refractivity contribution in [3.63, 3.8) is 0 Å². The number of piperazine rings is 1. The molecule has 1 aliphatic rings. The van der Waals surface area contributed by atoms with Crippen molar-refractivity contribution in [3.05, 3.63) is 30.3 Å². The van der Waals surface area contributed by atoms with E-state index in [9.17, 15) is 9.90 Å². The number of carbonyl (C=O) groups excluding carboxylic acids is 1. The Morgan fingerprint density at radius 2 is 2.00 bits per heavy atom. The lowest BCUT2D eigenvalue weighted by molar-refractivity contribution is -0.907. The third kappa shape index (κ3) is 5.20. The molecule has 0 unspecified atom stereocenters. The number of carbonyl (C=O) groups is 1. The number of nitrogens with zero attached hydrogens (tertiary/aromatic N) is 1. The number of amides is 1. The first-order valence-corrected chi connectivity index (χ1v) is 7.80. The minimum absolute atomic E-state index is 0.241. The zero-order valence-electron chi connectivity index (χ0n) is 13.0. The second kappa shape index (κ2) is 8.60. The predicted octanol–water partition coefficient (Wildman–Crippen LogP) is -0.217. The molecule has 1 aliphatic heterocycles. The summed E-state index contributed by atoms with van der Waals surface area (Å²) in [5.41, 5.74) is 0. The zero-order valence-corrected chi connectivity index (χ0v) is 13.0. The minimum Gasteiger partial charge on any atom is -0.491 e. The van der Waals surface area contributed by atoms with Crippen molar-refractivity contribution >= 4 is 6.09 Å². The lowest BCUT2D eigenvalue weighted by atomic mass is 10.2. The Hall–Kier alpha value is -1.79. The lowest BCUT2D eigenvalue weighted by Crippen LogP contribution is -3.16. The van der Waals surface area contributed by atoms with E-state index in [0.717, 1.165) is 18.8 Å². The molecule has 1 aromatic carbocycles. The Kier molecular flexibility index (Phi) is 6.48. The van der Waals surface area contributed by atoms with E-state index in [1.54, 1.807) is 4.90 Å². The Bertz CT molecular complexity index is 447. The second-order valence-electron chi connectivity index (χ2n) is 5.42. The van der Waals surface area contributed by atoms with Crippen LogP contribution in [-0.4, -0.2) is 68.1 Å². The van der Waals surface area contributed by atoms with Crippen LogP contribution in [0.4, 0.5) is 4.79 Å². The monoisotopic (exact) mass is 309 g/mol. The average Bonchev–Trinajstić information content (AvgIpc) is 2.55. The first-order chi connectivity index (χ1) is 10.7. The zero-order chi connectivity index (χ0) is 15.8. The normalized spacial score (nSPS) is 17.1. The molecule has 0 aromatic heterocycles. The van der Waals surface area contributed by atoms with Crippen LogP contribution in [-0.2, 0) is 4.74 Å². The van der Waals surface area contributed by atoms with Crippen molar-refractivity contribution in [2.75, 3.05) is 45.9 Å². The molecule has 0 aliphatic carbocycles. The molecule has 122 valence electrons. The van der Waals surface area contributed by atoms with Gasteiger partial charge in [-0.25, -0.2) is 4.79 Å². The van der Waals surface area contributed by atoms with Crippen molar-refractivity contribution < 1.29 is 24.3 Å². The van der Waals surface area contributed by atoms with Gasteiger partial charge < -0.3 is 19.5 Å². The maximum Gasteiger partial charge on any atom is 0.410 e. The molecule has 1 saturated heterocycles. The van der Waals surface area contributed by atoms with E-state index < -0.39 is 6.10 Å². The highest BCUT2D eigenvalue weighted by atomic mass is 16.6. The van der Waals surface area contributed by atoms with E-state index in [-0.39, 0.29) is 12.7 Å². The van der Waals surface area contributed by atoms with Crippen LogP contribution in [0.15, 0.2) is 30.3 Å². The van der Waals surface area contributed by atoms with Crippen LogP contribution >= 0.6 is 0 Å². The smallest absolute Gasteiger partial charge is 0.410 e. The largest absolute Gasteiger partial charge is 0.491 e. The summed E-state index contributed by atoms with van der Waals surface area (Å²) < 4.78 is 10.5. The molecule has 0 spiro atoms. The van der Waals surface area contributed by atoms with Gasteiger partial charge in [-0.2, -0.15) is 0 Å². The fraction of sp³-hybridized carbons (Fsp3) is 0.562. The Balaban J connectivity index is 1.66. The predicted molar refractivity (Wildman–Crippen MR) is 82.1 cm³/mol. The van der Waals surface area contributed by atoms with E-state index in [1.807, 2.05) is 37.3 Å². The van der Waals surface area contributed by atoms with Gasteiger partial charge in [-0.3, -0.25) is 4.90 Å².